The van der Waals surface area contributed by atoms with E-state index in [0.29, 0.717) is 11.1 Å². The largest absolute Gasteiger partial charge is 0.455 e. The molecule has 1 aliphatic heterocycles. The van der Waals surface area contributed by atoms with Crippen LogP contribution in [-0.2, 0) is 17.3 Å². The van der Waals surface area contributed by atoms with Crippen LogP contribution in [0.15, 0.2) is 120 Å². The molecule has 0 aliphatic carbocycles. The minimum atomic E-state index is -4.47. The summed E-state index contributed by atoms with van der Waals surface area (Å²) >= 11 is 0. The van der Waals surface area contributed by atoms with Crippen LogP contribution < -0.4 is 0 Å². The van der Waals surface area contributed by atoms with Gasteiger partial charge >= 0.3 is 6.18 Å². The molecule has 1 aromatic heterocycles. The maximum atomic E-state index is 13.2. The van der Waals surface area contributed by atoms with Gasteiger partial charge in [-0.05, 0) is 40.8 Å². The monoisotopic (exact) mass is 592 g/mol. The Bertz CT molecular complexity index is 1980. The molecule has 2 unspecified atom stereocenters. The fourth-order valence-corrected chi connectivity index (χ4v) is 5.87. The maximum absolute atomic E-state index is 13.2. The number of ether oxygens (including phenoxy) is 1. The maximum Gasteiger partial charge on any atom is 0.416 e. The summed E-state index contributed by atoms with van der Waals surface area (Å²) in [5.74, 6) is -2.41. The van der Waals surface area contributed by atoms with Gasteiger partial charge in [0, 0.05) is 34.2 Å². The molecule has 44 heavy (non-hydrogen) atoms. The zero-order valence-electron chi connectivity index (χ0n) is 23.5. The van der Waals surface area contributed by atoms with Crippen molar-refractivity contribution in [3.63, 3.8) is 0 Å². The van der Waals surface area contributed by atoms with Gasteiger partial charge in [-0.1, -0.05) is 103 Å². The van der Waals surface area contributed by atoms with E-state index in [-0.39, 0.29) is 25.2 Å². The number of rotatable bonds is 8. The van der Waals surface area contributed by atoms with E-state index in [1.807, 2.05) is 66.7 Å². The van der Waals surface area contributed by atoms with Crippen LogP contribution in [0.4, 0.5) is 13.2 Å². The smallest absolute Gasteiger partial charge is 0.416 e. The Hall–Kier alpha value is -4.72. The molecule has 0 amide bonds. The Kier molecular flexibility index (Phi) is 6.87. The number of hydrogen-bond donors (Lipinski definition) is 1. The summed E-state index contributed by atoms with van der Waals surface area (Å²) in [6.07, 6.45) is -4.45. The Morgan fingerprint density at radius 1 is 0.795 bits per heavy atom. The van der Waals surface area contributed by atoms with E-state index in [9.17, 15) is 23.1 Å². The van der Waals surface area contributed by atoms with E-state index in [0.717, 1.165) is 56.3 Å². The van der Waals surface area contributed by atoms with E-state index in [1.54, 1.807) is 18.2 Å². The normalized spacial score (nSPS) is 17.2. The first kappa shape index (κ1) is 28.1. The number of hydrogen-bond acceptors (Lipinski definition) is 4. The molecule has 4 nitrogen and oxygen atoms in total. The van der Waals surface area contributed by atoms with Crippen LogP contribution in [-0.4, -0.2) is 23.3 Å². The fourth-order valence-electron chi connectivity index (χ4n) is 5.87. The van der Waals surface area contributed by atoms with Crippen LogP contribution in [0, 0.1) is 5.92 Å². The number of para-hydroxylation sites is 2. The molecule has 0 spiro atoms. The van der Waals surface area contributed by atoms with Gasteiger partial charge in [0.05, 0.1) is 5.56 Å². The Balaban J connectivity index is 1.07. The predicted molar refractivity (Wildman–Crippen MR) is 163 cm³/mol. The van der Waals surface area contributed by atoms with Crippen LogP contribution >= 0.6 is 0 Å². The van der Waals surface area contributed by atoms with Crippen molar-refractivity contribution in [2.24, 2.45) is 5.92 Å². The Morgan fingerprint density at radius 2 is 1.43 bits per heavy atom. The third kappa shape index (κ3) is 5.41. The van der Waals surface area contributed by atoms with Gasteiger partial charge in [0.2, 0.25) is 0 Å². The summed E-state index contributed by atoms with van der Waals surface area (Å²) in [5, 5.41) is 12.8. The number of alkyl halides is 3. The molecule has 2 heterocycles. The van der Waals surface area contributed by atoms with E-state index >= 15 is 0 Å². The fraction of sp³-hybridized carbons (Fsp3) is 0.162. The number of ketones is 1. The Morgan fingerprint density at radius 3 is 2.14 bits per heavy atom. The molecule has 1 N–H and O–H groups in total. The van der Waals surface area contributed by atoms with Crippen LogP contribution in [0.25, 0.3) is 44.2 Å². The quantitative estimate of drug-likeness (QED) is 0.141. The van der Waals surface area contributed by atoms with Crippen LogP contribution in [0.2, 0.25) is 0 Å². The molecule has 220 valence electrons. The first-order valence-corrected chi connectivity index (χ1v) is 14.3. The summed E-state index contributed by atoms with van der Waals surface area (Å²) in [6, 6.07) is 34.4. The summed E-state index contributed by atoms with van der Waals surface area (Å²) in [7, 11) is 0. The lowest BCUT2D eigenvalue weighted by molar-refractivity contribution is -0.137. The minimum absolute atomic E-state index is 0.0453. The van der Waals surface area contributed by atoms with Crippen molar-refractivity contribution < 1.29 is 32.2 Å². The van der Waals surface area contributed by atoms with Gasteiger partial charge in [-0.25, -0.2) is 0 Å². The second-order valence-corrected chi connectivity index (χ2v) is 11.3. The molecule has 1 fully saturated rings. The van der Waals surface area contributed by atoms with Crippen molar-refractivity contribution in [2.75, 3.05) is 6.61 Å². The second kappa shape index (κ2) is 10.8. The van der Waals surface area contributed by atoms with Crippen molar-refractivity contribution in [1.82, 2.24) is 0 Å². The third-order valence-electron chi connectivity index (χ3n) is 8.39. The van der Waals surface area contributed by atoms with Crippen molar-refractivity contribution in [2.45, 2.75) is 24.8 Å². The van der Waals surface area contributed by atoms with E-state index < -0.39 is 23.4 Å². The Labute approximate surface area is 251 Å². The molecule has 6 aromatic rings. The van der Waals surface area contributed by atoms with Gasteiger partial charge in [0.1, 0.15) is 17.8 Å². The van der Waals surface area contributed by atoms with Crippen molar-refractivity contribution in [3.8, 4) is 22.3 Å². The number of fused-ring (bicyclic) bond motifs is 3. The number of carbonyl (C=O) groups is 1. The van der Waals surface area contributed by atoms with Gasteiger partial charge < -0.3 is 14.3 Å². The average molecular weight is 593 g/mol. The zero-order valence-corrected chi connectivity index (χ0v) is 23.5. The van der Waals surface area contributed by atoms with E-state index in [1.165, 1.54) is 6.07 Å². The number of halogens is 3. The predicted octanol–water partition coefficient (Wildman–Crippen LogP) is 9.09. The number of carbonyl (C=O) groups excluding carboxylic acids is 1. The van der Waals surface area contributed by atoms with Crippen molar-refractivity contribution >= 4 is 27.7 Å². The van der Waals surface area contributed by atoms with Crippen molar-refractivity contribution in [3.05, 3.63) is 132 Å². The number of benzene rings is 5. The third-order valence-corrected chi connectivity index (χ3v) is 8.39. The van der Waals surface area contributed by atoms with Crippen LogP contribution in [0.3, 0.4) is 0 Å². The first-order valence-electron chi connectivity index (χ1n) is 14.3. The molecular weight excluding hydrogens is 565 g/mol. The van der Waals surface area contributed by atoms with Gasteiger partial charge in [0.25, 0.3) is 0 Å². The molecule has 1 saturated heterocycles. The number of Topliss-reactive ketones (excluding diaryl/α,β-unsaturated/α-hetero) is 1. The number of furan rings is 1. The van der Waals surface area contributed by atoms with Crippen molar-refractivity contribution in [1.29, 1.82) is 0 Å². The molecular formula is C37H27F3O4. The lowest BCUT2D eigenvalue weighted by atomic mass is 9.87. The second-order valence-electron chi connectivity index (χ2n) is 11.3. The summed E-state index contributed by atoms with van der Waals surface area (Å²) < 4.78 is 51.0. The van der Waals surface area contributed by atoms with Crippen LogP contribution in [0.5, 0.6) is 0 Å². The highest BCUT2D eigenvalue weighted by atomic mass is 19.4. The number of epoxide rings is 1. The molecule has 2 atom stereocenters. The molecule has 1 aliphatic rings. The molecule has 5 aromatic carbocycles. The van der Waals surface area contributed by atoms with Gasteiger partial charge in [0.15, 0.2) is 11.6 Å². The highest BCUT2D eigenvalue weighted by Crippen LogP contribution is 2.39. The molecule has 0 saturated carbocycles. The zero-order chi connectivity index (χ0) is 30.5. The number of aliphatic hydroxyl groups is 1. The average Bonchev–Trinajstić information content (AvgIpc) is 3.67. The van der Waals surface area contributed by atoms with Crippen LogP contribution in [0.1, 0.15) is 27.9 Å². The highest BCUT2D eigenvalue weighted by molar-refractivity contribution is 6.09. The lowest BCUT2D eigenvalue weighted by Crippen LogP contribution is -2.28. The molecule has 7 rings (SSSR count). The summed E-state index contributed by atoms with van der Waals surface area (Å²) in [5.41, 5.74) is 5.71. The van der Waals surface area contributed by atoms with E-state index in [2.05, 4.69) is 12.1 Å². The molecule has 0 bridgehead atoms. The molecule has 7 heteroatoms. The summed E-state index contributed by atoms with van der Waals surface area (Å²) in [4.78, 5) is 13.2. The lowest BCUT2D eigenvalue weighted by Gasteiger charge is -2.20. The van der Waals surface area contributed by atoms with Gasteiger partial charge in [-0.3, -0.25) is 4.79 Å². The first-order chi connectivity index (χ1) is 21.2. The van der Waals surface area contributed by atoms with E-state index in [4.69, 9.17) is 9.15 Å². The summed E-state index contributed by atoms with van der Waals surface area (Å²) in [6.45, 7) is 0.0453. The SMILES string of the molecule is O=C(CC(Cc1cccc(C(F)(F)F)c1)C1(O)CO1)c1ccc(-c2ccc(-c3cccc4c3oc3ccccc34)cc2)cc1. The molecule has 0 radical (unpaired) electrons. The van der Waals surface area contributed by atoms with Gasteiger partial charge in [-0.15, -0.1) is 0 Å². The minimum Gasteiger partial charge on any atom is -0.455 e. The standard InChI is InChI=1S/C37H27F3O4/c38-37(39,40)28-6-3-5-23(19-28)20-29(36(42)22-43-36)21-33(41)27-17-13-25(14-18-27)24-11-15-26(16-12-24)30-8-4-9-32-31-7-1-2-10-34(31)44-35(30)32/h1-19,29,42H,20-22H2. The topological polar surface area (TPSA) is 63.0 Å². The van der Waals surface area contributed by atoms with Gasteiger partial charge in [-0.2, -0.15) is 13.2 Å². The highest BCUT2D eigenvalue weighted by Gasteiger charge is 2.50.